The summed E-state index contributed by atoms with van der Waals surface area (Å²) in [5.74, 6) is 0. The Balaban J connectivity index is 2.35. The Hall–Kier alpha value is -1.87. The van der Waals surface area contributed by atoms with Crippen LogP contribution in [0.15, 0.2) is 35.1 Å². The molecule has 0 aliphatic heterocycles. The number of hydrogen-bond acceptors (Lipinski definition) is 2. The van der Waals surface area contributed by atoms with Crippen LogP contribution >= 0.6 is 0 Å². The molecule has 0 spiro atoms. The number of aliphatic hydroxyl groups is 1. The lowest BCUT2D eigenvalue weighted by atomic mass is 9.88. The zero-order chi connectivity index (χ0) is 13.4. The molecule has 1 aromatic heterocycles. The van der Waals surface area contributed by atoms with E-state index < -0.39 is 0 Å². The van der Waals surface area contributed by atoms with Crippen molar-refractivity contribution in [2.24, 2.45) is 0 Å². The van der Waals surface area contributed by atoms with Crippen molar-refractivity contribution in [2.75, 3.05) is 6.61 Å². The van der Waals surface area contributed by atoms with Crippen LogP contribution < -0.4 is 5.43 Å². The minimum atomic E-state index is 0.0817. The molecule has 19 heavy (non-hydrogen) atoms. The number of benzene rings is 1. The fraction of sp³-hybridized carbons (Fsp3) is 0.312. The van der Waals surface area contributed by atoms with Crippen LogP contribution in [-0.4, -0.2) is 16.3 Å². The van der Waals surface area contributed by atoms with Gasteiger partial charge in [-0.2, -0.15) is 0 Å². The van der Waals surface area contributed by atoms with Crippen LogP contribution in [0.5, 0.6) is 0 Å². The molecule has 1 N–H and O–H groups in total. The molecule has 0 fully saturated rings. The van der Waals surface area contributed by atoms with Crippen molar-refractivity contribution in [1.82, 2.24) is 4.57 Å². The average Bonchev–Trinajstić information content (AvgIpc) is 2.42. The molecular formula is C16H17NO2. The lowest BCUT2D eigenvalue weighted by Crippen LogP contribution is -2.23. The fourth-order valence-electron chi connectivity index (χ4n) is 2.98. The van der Waals surface area contributed by atoms with E-state index >= 15 is 0 Å². The van der Waals surface area contributed by atoms with Gasteiger partial charge in [0, 0.05) is 29.4 Å². The average molecular weight is 255 g/mol. The van der Waals surface area contributed by atoms with Crippen molar-refractivity contribution >= 4 is 0 Å². The summed E-state index contributed by atoms with van der Waals surface area (Å²) in [6, 6.07) is 9.91. The number of fused-ring (bicyclic) bond motifs is 3. The fourth-order valence-corrected chi connectivity index (χ4v) is 2.98. The van der Waals surface area contributed by atoms with Gasteiger partial charge in [-0.15, -0.1) is 0 Å². The standard InChI is InChI=1S/C16H17NO2/c1-11-10-15(19)14-7-6-12-4-2-3-5-13(12)16(14)17(11)8-9-18/h2-5,10,18H,6-9H2,1H3. The van der Waals surface area contributed by atoms with Crippen molar-refractivity contribution in [3.63, 3.8) is 0 Å². The van der Waals surface area contributed by atoms with Crippen molar-refractivity contribution in [3.05, 3.63) is 57.4 Å². The van der Waals surface area contributed by atoms with Crippen LogP contribution in [0.1, 0.15) is 16.8 Å². The van der Waals surface area contributed by atoms with Crippen molar-refractivity contribution in [1.29, 1.82) is 0 Å². The van der Waals surface area contributed by atoms with Gasteiger partial charge in [0.15, 0.2) is 5.43 Å². The number of hydrogen-bond donors (Lipinski definition) is 1. The van der Waals surface area contributed by atoms with Gasteiger partial charge in [-0.25, -0.2) is 0 Å². The maximum absolute atomic E-state index is 12.2. The zero-order valence-electron chi connectivity index (χ0n) is 11.0. The van der Waals surface area contributed by atoms with E-state index in [0.29, 0.717) is 6.54 Å². The van der Waals surface area contributed by atoms with Crippen LogP contribution in [0, 0.1) is 6.92 Å². The van der Waals surface area contributed by atoms with Crippen LogP contribution in [0.25, 0.3) is 11.3 Å². The maximum Gasteiger partial charge on any atom is 0.185 e. The number of aromatic nitrogens is 1. The molecule has 0 saturated carbocycles. The summed E-state index contributed by atoms with van der Waals surface area (Å²) in [6.07, 6.45) is 1.71. The molecule has 0 unspecified atom stereocenters. The largest absolute Gasteiger partial charge is 0.395 e. The molecule has 1 heterocycles. The predicted octanol–water partition coefficient (Wildman–Crippen LogP) is 1.91. The van der Waals surface area contributed by atoms with E-state index in [1.807, 2.05) is 19.1 Å². The van der Waals surface area contributed by atoms with Gasteiger partial charge < -0.3 is 9.67 Å². The van der Waals surface area contributed by atoms with E-state index in [-0.39, 0.29) is 12.0 Å². The first-order chi connectivity index (χ1) is 9.22. The Bertz CT molecular complexity index is 686. The molecule has 0 radical (unpaired) electrons. The van der Waals surface area contributed by atoms with E-state index in [4.69, 9.17) is 0 Å². The van der Waals surface area contributed by atoms with Crippen LogP contribution in [0.3, 0.4) is 0 Å². The SMILES string of the molecule is Cc1cc(=O)c2c(n1CCO)-c1ccccc1CC2. The van der Waals surface area contributed by atoms with Gasteiger partial charge in [0.2, 0.25) is 0 Å². The second-order valence-corrected chi connectivity index (χ2v) is 5.01. The highest BCUT2D eigenvalue weighted by Crippen LogP contribution is 2.32. The van der Waals surface area contributed by atoms with Gasteiger partial charge >= 0.3 is 0 Å². The van der Waals surface area contributed by atoms with E-state index in [0.717, 1.165) is 35.4 Å². The Morgan fingerprint density at radius 3 is 2.84 bits per heavy atom. The summed E-state index contributed by atoms with van der Waals surface area (Å²) >= 11 is 0. The number of aryl methyl sites for hydroxylation is 2. The predicted molar refractivity (Wildman–Crippen MR) is 75.4 cm³/mol. The first kappa shape index (κ1) is 12.2. The smallest absolute Gasteiger partial charge is 0.185 e. The molecule has 3 rings (SSSR count). The monoisotopic (exact) mass is 255 g/mol. The van der Waals surface area contributed by atoms with Crippen LogP contribution in [-0.2, 0) is 19.4 Å². The summed E-state index contributed by atoms with van der Waals surface area (Å²) < 4.78 is 2.06. The van der Waals surface area contributed by atoms with Crippen molar-refractivity contribution in [2.45, 2.75) is 26.3 Å². The lowest BCUT2D eigenvalue weighted by molar-refractivity contribution is 0.275. The molecule has 0 bridgehead atoms. The molecule has 1 aliphatic carbocycles. The Labute approximate surface area is 112 Å². The zero-order valence-corrected chi connectivity index (χ0v) is 11.0. The summed E-state index contributed by atoms with van der Waals surface area (Å²) in [5, 5.41) is 9.26. The normalized spacial score (nSPS) is 12.9. The van der Waals surface area contributed by atoms with Crippen molar-refractivity contribution in [3.8, 4) is 11.3 Å². The number of aliphatic hydroxyl groups excluding tert-OH is 1. The molecule has 0 atom stereocenters. The van der Waals surface area contributed by atoms with Crippen LogP contribution in [0.2, 0.25) is 0 Å². The highest BCUT2D eigenvalue weighted by Gasteiger charge is 2.21. The minimum absolute atomic E-state index is 0.0817. The highest BCUT2D eigenvalue weighted by atomic mass is 16.3. The van der Waals surface area contributed by atoms with E-state index in [2.05, 4.69) is 16.7 Å². The van der Waals surface area contributed by atoms with Gasteiger partial charge in [0.1, 0.15) is 0 Å². The quantitative estimate of drug-likeness (QED) is 0.890. The first-order valence-corrected chi connectivity index (χ1v) is 6.65. The number of rotatable bonds is 2. The molecule has 1 aliphatic rings. The third-order valence-electron chi connectivity index (χ3n) is 3.86. The second kappa shape index (κ2) is 4.67. The molecule has 3 heteroatoms. The summed E-state index contributed by atoms with van der Waals surface area (Å²) in [6.45, 7) is 2.54. The van der Waals surface area contributed by atoms with Crippen molar-refractivity contribution < 1.29 is 5.11 Å². The molecule has 1 aromatic carbocycles. The highest BCUT2D eigenvalue weighted by molar-refractivity contribution is 5.70. The van der Waals surface area contributed by atoms with E-state index in [1.165, 1.54) is 5.56 Å². The van der Waals surface area contributed by atoms with E-state index in [1.54, 1.807) is 6.07 Å². The maximum atomic E-state index is 12.2. The van der Waals surface area contributed by atoms with Gasteiger partial charge in [0.05, 0.1) is 12.3 Å². The van der Waals surface area contributed by atoms with Gasteiger partial charge in [0.25, 0.3) is 0 Å². The Morgan fingerprint density at radius 2 is 2.05 bits per heavy atom. The molecular weight excluding hydrogens is 238 g/mol. The summed E-state index contributed by atoms with van der Waals surface area (Å²) in [7, 11) is 0. The second-order valence-electron chi connectivity index (χ2n) is 5.01. The number of pyridine rings is 1. The molecule has 0 saturated heterocycles. The topological polar surface area (TPSA) is 42.2 Å². The molecule has 3 nitrogen and oxygen atoms in total. The molecule has 0 amide bonds. The lowest BCUT2D eigenvalue weighted by Gasteiger charge is -2.25. The first-order valence-electron chi connectivity index (χ1n) is 6.65. The van der Waals surface area contributed by atoms with Crippen LogP contribution in [0.4, 0.5) is 0 Å². The van der Waals surface area contributed by atoms with Gasteiger partial charge in [-0.05, 0) is 25.3 Å². The molecule has 98 valence electrons. The minimum Gasteiger partial charge on any atom is -0.395 e. The van der Waals surface area contributed by atoms with Gasteiger partial charge in [-0.1, -0.05) is 24.3 Å². The van der Waals surface area contributed by atoms with Gasteiger partial charge in [-0.3, -0.25) is 4.79 Å². The van der Waals surface area contributed by atoms with E-state index in [9.17, 15) is 9.90 Å². The Morgan fingerprint density at radius 1 is 1.26 bits per heavy atom. The Kier molecular flexibility index (Phi) is 2.99. The summed E-state index contributed by atoms with van der Waals surface area (Å²) in [5.41, 5.74) is 5.34. The molecule has 2 aromatic rings. The third-order valence-corrected chi connectivity index (χ3v) is 3.86. The number of nitrogens with zero attached hydrogens (tertiary/aromatic N) is 1. The third kappa shape index (κ3) is 1.90. The summed E-state index contributed by atoms with van der Waals surface area (Å²) in [4.78, 5) is 12.2.